The van der Waals surface area contributed by atoms with Crippen molar-refractivity contribution in [2.24, 2.45) is 0 Å². The van der Waals surface area contributed by atoms with Crippen LogP contribution in [0, 0.1) is 0 Å². The van der Waals surface area contributed by atoms with Gasteiger partial charge in [-0.05, 0) is 31.4 Å². The molecule has 1 N–H and O–H groups in total. The number of hydrogen-bond donors (Lipinski definition) is 1. The van der Waals surface area contributed by atoms with E-state index in [0.717, 1.165) is 19.3 Å². The van der Waals surface area contributed by atoms with Gasteiger partial charge in [0.25, 0.3) is 0 Å². The molecule has 0 aromatic heterocycles. The van der Waals surface area contributed by atoms with E-state index in [1.807, 2.05) is 0 Å². The molecule has 1 fully saturated rings. The second-order valence-corrected chi connectivity index (χ2v) is 6.24. The van der Waals surface area contributed by atoms with Gasteiger partial charge in [-0.25, -0.2) is 8.42 Å². The third kappa shape index (κ3) is 2.98. The van der Waals surface area contributed by atoms with Crippen LogP contribution < -0.4 is 0 Å². The largest absolute Gasteiger partial charge is 0.507 e. The first-order valence-corrected chi connectivity index (χ1v) is 7.37. The summed E-state index contributed by atoms with van der Waals surface area (Å²) in [5.74, 6) is -0.242. The van der Waals surface area contributed by atoms with Crippen molar-refractivity contribution in [3.8, 4) is 5.75 Å². The lowest BCUT2D eigenvalue weighted by Gasteiger charge is -2.22. The summed E-state index contributed by atoms with van der Waals surface area (Å²) in [6, 6.07) is 6.02. The molecule has 0 amide bonds. The lowest BCUT2D eigenvalue weighted by molar-refractivity contribution is 0.0305. The van der Waals surface area contributed by atoms with Gasteiger partial charge in [-0.15, -0.1) is 0 Å². The number of phenols is 1. The molecule has 0 bridgehead atoms. The van der Waals surface area contributed by atoms with Crippen LogP contribution in [-0.2, 0) is 14.6 Å². The minimum Gasteiger partial charge on any atom is -0.507 e. The first kappa shape index (κ1) is 12.4. The first-order chi connectivity index (χ1) is 8.09. The van der Waals surface area contributed by atoms with Crippen LogP contribution in [0.2, 0.25) is 0 Å². The molecular formula is C12H16O4S. The molecule has 1 aliphatic rings. The van der Waals surface area contributed by atoms with Gasteiger partial charge in [0.15, 0.2) is 9.84 Å². The monoisotopic (exact) mass is 256 g/mol. The lowest BCUT2D eigenvalue weighted by Crippen LogP contribution is -2.27. The van der Waals surface area contributed by atoms with Gasteiger partial charge in [-0.3, -0.25) is 0 Å². The molecular weight excluding hydrogens is 240 g/mol. The summed E-state index contributed by atoms with van der Waals surface area (Å²) in [6.45, 7) is 0.626. The maximum absolute atomic E-state index is 12.1. The number of benzene rings is 1. The summed E-state index contributed by atoms with van der Waals surface area (Å²) in [5, 5.41) is 9.56. The van der Waals surface area contributed by atoms with Crippen molar-refractivity contribution in [2.75, 3.05) is 12.4 Å². The summed E-state index contributed by atoms with van der Waals surface area (Å²) < 4.78 is 29.6. The second kappa shape index (κ2) is 5.06. The number of ether oxygens (including phenoxy) is 1. The van der Waals surface area contributed by atoms with E-state index in [1.54, 1.807) is 12.1 Å². The molecule has 1 aromatic carbocycles. The van der Waals surface area contributed by atoms with Crippen LogP contribution in [0.3, 0.4) is 0 Å². The van der Waals surface area contributed by atoms with E-state index in [-0.39, 0.29) is 22.5 Å². The van der Waals surface area contributed by atoms with Crippen LogP contribution >= 0.6 is 0 Å². The summed E-state index contributed by atoms with van der Waals surface area (Å²) in [4.78, 5) is -0.00539. The van der Waals surface area contributed by atoms with E-state index in [2.05, 4.69) is 0 Å². The summed E-state index contributed by atoms with van der Waals surface area (Å²) in [5.41, 5.74) is 0. The standard InChI is InChI=1S/C12H16O4S/c13-11-6-1-2-7-12(11)17(14,15)9-10-5-3-4-8-16-10/h1-2,6-7,10,13H,3-5,8-9H2. The fraction of sp³-hybridized carbons (Fsp3) is 0.500. The third-order valence-electron chi connectivity index (χ3n) is 2.88. The van der Waals surface area contributed by atoms with Crippen LogP contribution in [-0.4, -0.2) is 32.0 Å². The molecule has 1 heterocycles. The average Bonchev–Trinajstić information content (AvgIpc) is 2.30. The second-order valence-electron chi connectivity index (χ2n) is 4.24. The molecule has 4 nitrogen and oxygen atoms in total. The maximum Gasteiger partial charge on any atom is 0.184 e. The van der Waals surface area contributed by atoms with Crippen LogP contribution in [0.5, 0.6) is 5.75 Å². The van der Waals surface area contributed by atoms with E-state index in [4.69, 9.17) is 4.74 Å². The van der Waals surface area contributed by atoms with Gasteiger partial charge in [-0.1, -0.05) is 12.1 Å². The van der Waals surface area contributed by atoms with Crippen molar-refractivity contribution in [2.45, 2.75) is 30.3 Å². The Kier molecular flexibility index (Phi) is 3.69. The molecule has 1 unspecified atom stereocenters. The van der Waals surface area contributed by atoms with Crippen molar-refractivity contribution in [1.82, 2.24) is 0 Å². The molecule has 0 spiro atoms. The minimum atomic E-state index is -3.47. The van der Waals surface area contributed by atoms with Crippen LogP contribution in [0.25, 0.3) is 0 Å². The Morgan fingerprint density at radius 1 is 1.29 bits per heavy atom. The van der Waals surface area contributed by atoms with Gasteiger partial charge < -0.3 is 9.84 Å². The normalized spacial score (nSPS) is 21.3. The maximum atomic E-state index is 12.1. The number of sulfone groups is 1. The van der Waals surface area contributed by atoms with Gasteiger partial charge >= 0.3 is 0 Å². The van der Waals surface area contributed by atoms with Crippen molar-refractivity contribution in [3.63, 3.8) is 0 Å². The highest BCUT2D eigenvalue weighted by atomic mass is 32.2. The van der Waals surface area contributed by atoms with Crippen LogP contribution in [0.15, 0.2) is 29.2 Å². The summed E-state index contributed by atoms with van der Waals surface area (Å²) in [6.07, 6.45) is 2.52. The zero-order chi connectivity index (χ0) is 12.3. The van der Waals surface area contributed by atoms with Crippen molar-refractivity contribution in [3.05, 3.63) is 24.3 Å². The van der Waals surface area contributed by atoms with Crippen LogP contribution in [0.1, 0.15) is 19.3 Å². The highest BCUT2D eigenvalue weighted by Crippen LogP contribution is 2.25. The molecule has 17 heavy (non-hydrogen) atoms. The Morgan fingerprint density at radius 3 is 2.71 bits per heavy atom. The molecule has 94 valence electrons. The van der Waals surface area contributed by atoms with E-state index in [1.165, 1.54) is 12.1 Å². The number of rotatable bonds is 3. The molecule has 0 saturated carbocycles. The van der Waals surface area contributed by atoms with Gasteiger partial charge in [0, 0.05) is 6.61 Å². The van der Waals surface area contributed by atoms with Crippen molar-refractivity contribution >= 4 is 9.84 Å². The molecule has 1 atom stereocenters. The molecule has 0 aliphatic carbocycles. The fourth-order valence-electron chi connectivity index (χ4n) is 1.99. The number of phenolic OH excluding ortho intramolecular Hbond substituents is 1. The Labute approximate surface area is 101 Å². The van der Waals surface area contributed by atoms with Gasteiger partial charge in [-0.2, -0.15) is 0 Å². The zero-order valence-corrected chi connectivity index (χ0v) is 10.3. The predicted molar refractivity (Wildman–Crippen MR) is 63.8 cm³/mol. The molecule has 1 aromatic rings. The minimum absolute atomic E-state index is 0.00539. The summed E-state index contributed by atoms with van der Waals surface area (Å²) in [7, 11) is -3.47. The highest BCUT2D eigenvalue weighted by molar-refractivity contribution is 7.91. The Bertz CT molecular complexity index is 475. The number of aromatic hydroxyl groups is 1. The van der Waals surface area contributed by atoms with Crippen molar-refractivity contribution in [1.29, 1.82) is 0 Å². The van der Waals surface area contributed by atoms with Crippen LogP contribution in [0.4, 0.5) is 0 Å². The average molecular weight is 256 g/mol. The fourth-order valence-corrected chi connectivity index (χ4v) is 3.60. The Morgan fingerprint density at radius 2 is 2.06 bits per heavy atom. The smallest absolute Gasteiger partial charge is 0.184 e. The molecule has 5 heteroatoms. The highest BCUT2D eigenvalue weighted by Gasteiger charge is 2.25. The topological polar surface area (TPSA) is 63.6 Å². The van der Waals surface area contributed by atoms with E-state index >= 15 is 0 Å². The molecule has 0 radical (unpaired) electrons. The van der Waals surface area contributed by atoms with E-state index in [9.17, 15) is 13.5 Å². The predicted octanol–water partition coefficient (Wildman–Crippen LogP) is 1.73. The summed E-state index contributed by atoms with van der Waals surface area (Å²) >= 11 is 0. The van der Waals surface area contributed by atoms with Crippen molar-refractivity contribution < 1.29 is 18.3 Å². The quantitative estimate of drug-likeness (QED) is 0.894. The number of para-hydroxylation sites is 1. The Hall–Kier alpha value is -1.07. The molecule has 1 aliphatic heterocycles. The van der Waals surface area contributed by atoms with Gasteiger partial charge in [0.1, 0.15) is 10.6 Å². The Balaban J connectivity index is 2.16. The number of hydrogen-bond acceptors (Lipinski definition) is 4. The molecule has 2 rings (SSSR count). The zero-order valence-electron chi connectivity index (χ0n) is 9.50. The third-order valence-corrected chi connectivity index (χ3v) is 4.71. The lowest BCUT2D eigenvalue weighted by atomic mass is 10.1. The van der Waals surface area contributed by atoms with Gasteiger partial charge in [0.2, 0.25) is 0 Å². The SMILES string of the molecule is O=S(=O)(CC1CCCCO1)c1ccccc1O. The van der Waals surface area contributed by atoms with Gasteiger partial charge in [0.05, 0.1) is 11.9 Å². The van der Waals surface area contributed by atoms with E-state index < -0.39 is 9.84 Å². The van der Waals surface area contributed by atoms with E-state index in [0.29, 0.717) is 6.61 Å². The molecule has 1 saturated heterocycles. The first-order valence-electron chi connectivity index (χ1n) is 5.72.